The van der Waals surface area contributed by atoms with Crippen LogP contribution in [0.1, 0.15) is 23.4 Å². The molecule has 0 aliphatic carbocycles. The number of nitrogens with zero attached hydrogens (tertiary/aromatic N) is 3. The summed E-state index contributed by atoms with van der Waals surface area (Å²) < 4.78 is 0. The number of carbonyl (C=O) groups excluding carboxylic acids is 1. The van der Waals surface area contributed by atoms with Crippen molar-refractivity contribution < 1.29 is 4.79 Å². The molecule has 0 aliphatic rings. The molecule has 0 fully saturated rings. The van der Waals surface area contributed by atoms with E-state index in [0.29, 0.717) is 12.2 Å². The van der Waals surface area contributed by atoms with Crippen LogP contribution in [-0.2, 0) is 6.42 Å². The second-order valence-corrected chi connectivity index (χ2v) is 2.30. The van der Waals surface area contributed by atoms with Crippen LogP contribution in [0.3, 0.4) is 0 Å². The van der Waals surface area contributed by atoms with Gasteiger partial charge in [-0.05, 0) is 0 Å². The highest BCUT2D eigenvalue weighted by Gasteiger charge is 2.10. The lowest BCUT2D eigenvalue weighted by molar-refractivity contribution is 0.0948. The van der Waals surface area contributed by atoms with Crippen LogP contribution in [0, 0.1) is 11.3 Å². The maximum absolute atomic E-state index is 11.1. The number of aromatic amines is 1. The molecule has 2 N–H and O–H groups in total. The van der Waals surface area contributed by atoms with Crippen molar-refractivity contribution in [3.05, 3.63) is 11.6 Å². The molecule has 1 aromatic rings. The van der Waals surface area contributed by atoms with Crippen molar-refractivity contribution >= 4 is 5.91 Å². The number of aryl methyl sites for hydroxylation is 1. The third-order valence-corrected chi connectivity index (χ3v) is 1.40. The largest absolute Gasteiger partial charge is 0.336 e. The first-order valence-electron chi connectivity index (χ1n) is 3.84. The first-order chi connectivity index (χ1) is 6.27. The van der Waals surface area contributed by atoms with Gasteiger partial charge in [0.05, 0.1) is 6.07 Å². The summed E-state index contributed by atoms with van der Waals surface area (Å²) >= 11 is 0. The van der Waals surface area contributed by atoms with Crippen molar-refractivity contribution in [2.24, 2.45) is 0 Å². The zero-order valence-corrected chi connectivity index (χ0v) is 7.16. The molecule has 68 valence electrons. The first kappa shape index (κ1) is 9.19. The summed E-state index contributed by atoms with van der Waals surface area (Å²) in [5, 5.41) is 16.8. The molecule has 1 rings (SSSR count). The third-order valence-electron chi connectivity index (χ3n) is 1.40. The van der Waals surface area contributed by atoms with Crippen LogP contribution in [-0.4, -0.2) is 27.6 Å². The standard InChI is InChI=1S/C7H9N5O/c1-2-5-10-6(12-11-5)7(13)9-4-3-8/h2,4H2,1H3,(H,9,13)(H,10,11,12). The van der Waals surface area contributed by atoms with Gasteiger partial charge in [-0.2, -0.15) is 5.26 Å². The van der Waals surface area contributed by atoms with E-state index in [2.05, 4.69) is 20.5 Å². The highest BCUT2D eigenvalue weighted by Crippen LogP contribution is 1.92. The molecule has 0 bridgehead atoms. The van der Waals surface area contributed by atoms with E-state index in [4.69, 9.17) is 5.26 Å². The van der Waals surface area contributed by atoms with Crippen LogP contribution in [0.4, 0.5) is 0 Å². The van der Waals surface area contributed by atoms with E-state index in [-0.39, 0.29) is 12.4 Å². The van der Waals surface area contributed by atoms with Gasteiger partial charge in [0.15, 0.2) is 0 Å². The van der Waals surface area contributed by atoms with Crippen molar-refractivity contribution in [3.8, 4) is 6.07 Å². The lowest BCUT2D eigenvalue weighted by Crippen LogP contribution is -2.24. The number of H-pyrrole nitrogens is 1. The minimum absolute atomic E-state index is 0.0329. The molecule has 0 atom stereocenters. The average molecular weight is 179 g/mol. The lowest BCUT2D eigenvalue weighted by atomic mass is 10.5. The van der Waals surface area contributed by atoms with Gasteiger partial charge in [-0.25, -0.2) is 4.98 Å². The molecule has 0 aliphatic heterocycles. The Labute approximate surface area is 75.0 Å². The topological polar surface area (TPSA) is 94.5 Å². The van der Waals surface area contributed by atoms with Crippen LogP contribution >= 0.6 is 0 Å². The van der Waals surface area contributed by atoms with Gasteiger partial charge in [0, 0.05) is 6.42 Å². The van der Waals surface area contributed by atoms with E-state index < -0.39 is 5.91 Å². The number of rotatable bonds is 3. The van der Waals surface area contributed by atoms with Crippen LogP contribution in [0.5, 0.6) is 0 Å². The predicted molar refractivity (Wildman–Crippen MR) is 43.7 cm³/mol. The normalized spacial score (nSPS) is 9.23. The van der Waals surface area contributed by atoms with Crippen LogP contribution < -0.4 is 5.32 Å². The van der Waals surface area contributed by atoms with E-state index in [0.717, 1.165) is 0 Å². The van der Waals surface area contributed by atoms with Crippen LogP contribution in [0.2, 0.25) is 0 Å². The minimum atomic E-state index is -0.433. The molecule has 13 heavy (non-hydrogen) atoms. The predicted octanol–water partition coefficient (Wildman–Crippen LogP) is -0.380. The van der Waals surface area contributed by atoms with Gasteiger partial charge in [-0.15, -0.1) is 5.10 Å². The second kappa shape index (κ2) is 4.21. The van der Waals surface area contributed by atoms with Crippen molar-refractivity contribution in [3.63, 3.8) is 0 Å². The van der Waals surface area contributed by atoms with Gasteiger partial charge < -0.3 is 5.32 Å². The molecule has 1 aromatic heterocycles. The molecular formula is C7H9N5O. The van der Waals surface area contributed by atoms with Crippen LogP contribution in [0.25, 0.3) is 0 Å². The number of aromatic nitrogens is 3. The molecule has 0 unspecified atom stereocenters. The lowest BCUT2D eigenvalue weighted by Gasteiger charge is -1.92. The monoisotopic (exact) mass is 179 g/mol. The molecule has 6 nitrogen and oxygen atoms in total. The average Bonchev–Trinajstić information content (AvgIpc) is 2.62. The molecule has 0 spiro atoms. The Hall–Kier alpha value is -1.90. The maximum atomic E-state index is 11.1. The van der Waals surface area contributed by atoms with Gasteiger partial charge >= 0.3 is 0 Å². The molecule has 0 saturated heterocycles. The number of amides is 1. The fraction of sp³-hybridized carbons (Fsp3) is 0.429. The number of nitriles is 1. The molecule has 0 aromatic carbocycles. The van der Waals surface area contributed by atoms with Gasteiger partial charge in [0.25, 0.3) is 5.91 Å². The molecular weight excluding hydrogens is 170 g/mol. The van der Waals surface area contributed by atoms with Crippen molar-refractivity contribution in [1.29, 1.82) is 5.26 Å². The van der Waals surface area contributed by atoms with E-state index in [1.807, 2.05) is 6.92 Å². The Morgan fingerprint density at radius 3 is 3.08 bits per heavy atom. The summed E-state index contributed by atoms with van der Waals surface area (Å²) in [7, 11) is 0. The van der Waals surface area contributed by atoms with E-state index >= 15 is 0 Å². The fourth-order valence-electron chi connectivity index (χ4n) is 0.754. The van der Waals surface area contributed by atoms with Crippen molar-refractivity contribution in [1.82, 2.24) is 20.5 Å². The second-order valence-electron chi connectivity index (χ2n) is 2.30. The molecule has 0 radical (unpaired) electrons. The van der Waals surface area contributed by atoms with Gasteiger partial charge in [-0.1, -0.05) is 6.92 Å². The summed E-state index contributed by atoms with van der Waals surface area (Å²) in [5.74, 6) is 0.298. The molecule has 6 heteroatoms. The van der Waals surface area contributed by atoms with Crippen molar-refractivity contribution in [2.45, 2.75) is 13.3 Å². The number of nitrogens with one attached hydrogen (secondary N) is 2. The fourth-order valence-corrected chi connectivity index (χ4v) is 0.754. The van der Waals surface area contributed by atoms with Gasteiger partial charge in [0.2, 0.25) is 5.82 Å². The number of hydrogen-bond donors (Lipinski definition) is 2. The minimum Gasteiger partial charge on any atom is -0.336 e. The van der Waals surface area contributed by atoms with E-state index in [9.17, 15) is 4.79 Å². The first-order valence-corrected chi connectivity index (χ1v) is 3.84. The summed E-state index contributed by atoms with van der Waals surface area (Å²) in [4.78, 5) is 15.0. The SMILES string of the molecule is CCc1nc(C(=O)NCC#N)n[nH]1. The Bertz CT molecular complexity index is 337. The van der Waals surface area contributed by atoms with Gasteiger partial charge in [-0.3, -0.25) is 9.89 Å². The quantitative estimate of drug-likeness (QED) is 0.618. The van der Waals surface area contributed by atoms with E-state index in [1.165, 1.54) is 0 Å². The Morgan fingerprint density at radius 2 is 2.54 bits per heavy atom. The molecule has 1 heterocycles. The number of hydrogen-bond acceptors (Lipinski definition) is 4. The van der Waals surface area contributed by atoms with Crippen LogP contribution in [0.15, 0.2) is 0 Å². The summed E-state index contributed by atoms with van der Waals surface area (Å²) in [5.41, 5.74) is 0. The zero-order chi connectivity index (χ0) is 9.68. The summed E-state index contributed by atoms with van der Waals surface area (Å²) in [6, 6.07) is 1.79. The Morgan fingerprint density at radius 1 is 1.77 bits per heavy atom. The summed E-state index contributed by atoms with van der Waals surface area (Å²) in [6.07, 6.45) is 0.693. The third kappa shape index (κ3) is 2.27. The molecule has 1 amide bonds. The van der Waals surface area contributed by atoms with Gasteiger partial charge in [0.1, 0.15) is 12.4 Å². The summed E-state index contributed by atoms with van der Waals surface area (Å²) in [6.45, 7) is 1.87. The highest BCUT2D eigenvalue weighted by molar-refractivity contribution is 5.90. The van der Waals surface area contributed by atoms with Crippen molar-refractivity contribution in [2.75, 3.05) is 6.54 Å². The maximum Gasteiger partial charge on any atom is 0.291 e. The Kier molecular flexibility index (Phi) is 2.97. The smallest absolute Gasteiger partial charge is 0.291 e. The number of carbonyl (C=O) groups is 1. The highest BCUT2D eigenvalue weighted by atomic mass is 16.2. The van der Waals surface area contributed by atoms with E-state index in [1.54, 1.807) is 6.07 Å². The molecule has 0 saturated carbocycles. The Balaban J connectivity index is 2.62. The zero-order valence-electron chi connectivity index (χ0n) is 7.16.